The molecule has 0 radical (unpaired) electrons. The number of hydrogen-bond acceptors (Lipinski definition) is 2. The number of pyridine rings is 1. The van der Waals surface area contributed by atoms with Gasteiger partial charge < -0.3 is 4.98 Å². The van der Waals surface area contributed by atoms with E-state index >= 15 is 0 Å². The lowest BCUT2D eigenvalue weighted by molar-refractivity contribution is 0.101. The van der Waals surface area contributed by atoms with E-state index in [1.807, 2.05) is 19.1 Å². The molecule has 1 N–H and O–H groups in total. The molecule has 0 amide bonds. The summed E-state index contributed by atoms with van der Waals surface area (Å²) in [6.07, 6.45) is 0.789. The first-order valence-corrected chi connectivity index (χ1v) is 5.28. The van der Waals surface area contributed by atoms with Crippen LogP contribution < -0.4 is 5.56 Å². The summed E-state index contributed by atoms with van der Waals surface area (Å²) in [5.74, 6) is 0.0443. The highest BCUT2D eigenvalue weighted by Crippen LogP contribution is 2.18. The third-order valence-electron chi connectivity index (χ3n) is 2.70. The Morgan fingerprint density at radius 1 is 1.31 bits per heavy atom. The number of aromatic amines is 1. The van der Waals surface area contributed by atoms with E-state index < -0.39 is 0 Å². The molecule has 0 saturated carbocycles. The summed E-state index contributed by atoms with van der Waals surface area (Å²) in [5, 5.41) is 0.907. The second-order valence-corrected chi connectivity index (χ2v) is 3.83. The van der Waals surface area contributed by atoms with E-state index in [2.05, 4.69) is 4.98 Å². The van der Waals surface area contributed by atoms with Crippen LogP contribution in [0.1, 0.15) is 29.8 Å². The number of carbonyl (C=O) groups excluding carboxylic acids is 1. The molecule has 0 saturated heterocycles. The first-order valence-electron chi connectivity index (χ1n) is 5.28. The zero-order valence-corrected chi connectivity index (χ0v) is 9.33. The van der Waals surface area contributed by atoms with Crippen molar-refractivity contribution < 1.29 is 4.79 Å². The van der Waals surface area contributed by atoms with E-state index in [0.717, 1.165) is 22.9 Å². The van der Waals surface area contributed by atoms with Crippen molar-refractivity contribution in [2.75, 3.05) is 0 Å². The summed E-state index contributed by atoms with van der Waals surface area (Å²) in [6, 6.07) is 6.89. The van der Waals surface area contributed by atoms with Crippen molar-refractivity contribution in [2.24, 2.45) is 0 Å². The third kappa shape index (κ3) is 1.76. The zero-order chi connectivity index (χ0) is 11.7. The van der Waals surface area contributed by atoms with Gasteiger partial charge in [0, 0.05) is 11.6 Å². The highest BCUT2D eigenvalue weighted by atomic mass is 16.1. The Labute approximate surface area is 93.1 Å². The molecule has 1 heterocycles. The maximum Gasteiger partial charge on any atom is 0.248 e. The number of nitrogens with one attached hydrogen (secondary N) is 1. The molecule has 0 unspecified atom stereocenters. The zero-order valence-electron chi connectivity index (χ0n) is 9.33. The van der Waals surface area contributed by atoms with Crippen LogP contribution in [-0.4, -0.2) is 10.8 Å². The molecule has 2 rings (SSSR count). The Bertz CT molecular complexity index is 611. The molecule has 0 aliphatic carbocycles. The van der Waals surface area contributed by atoms with Crippen molar-refractivity contribution in [2.45, 2.75) is 20.3 Å². The van der Waals surface area contributed by atoms with Crippen LogP contribution in [0.4, 0.5) is 0 Å². The van der Waals surface area contributed by atoms with Gasteiger partial charge in [0.2, 0.25) is 5.56 Å². The van der Waals surface area contributed by atoms with Gasteiger partial charge >= 0.3 is 0 Å². The largest absolute Gasteiger partial charge is 0.322 e. The van der Waals surface area contributed by atoms with Gasteiger partial charge in [0.05, 0.1) is 5.52 Å². The predicted octanol–water partition coefficient (Wildman–Crippen LogP) is 2.29. The van der Waals surface area contributed by atoms with Crippen molar-refractivity contribution in [3.8, 4) is 0 Å². The molecule has 3 nitrogen and oxygen atoms in total. The fourth-order valence-corrected chi connectivity index (χ4v) is 1.82. The number of ketones is 1. The minimum atomic E-state index is -0.113. The van der Waals surface area contributed by atoms with Crippen molar-refractivity contribution in [3.05, 3.63) is 45.7 Å². The van der Waals surface area contributed by atoms with E-state index in [9.17, 15) is 9.59 Å². The number of rotatable bonds is 2. The standard InChI is InChI=1S/C13H13NO2/c1-3-9-6-11(8(2)15)7-10-4-5-12(16)14-13(9)10/h4-7H,3H2,1-2H3,(H,14,16). The fraction of sp³-hybridized carbons (Fsp3) is 0.231. The average molecular weight is 215 g/mol. The van der Waals surface area contributed by atoms with Crippen molar-refractivity contribution in [3.63, 3.8) is 0 Å². The van der Waals surface area contributed by atoms with Gasteiger partial charge in [-0.25, -0.2) is 0 Å². The molecule has 0 spiro atoms. The number of aromatic nitrogens is 1. The van der Waals surface area contributed by atoms with Crippen LogP contribution in [0.5, 0.6) is 0 Å². The van der Waals surface area contributed by atoms with E-state index in [1.54, 1.807) is 13.0 Å². The lowest BCUT2D eigenvalue weighted by Crippen LogP contribution is -2.05. The molecule has 3 heteroatoms. The van der Waals surface area contributed by atoms with Crippen LogP contribution in [-0.2, 0) is 6.42 Å². The Hall–Kier alpha value is -1.90. The first-order chi connectivity index (χ1) is 7.61. The number of carbonyl (C=O) groups is 1. The quantitative estimate of drug-likeness (QED) is 0.781. The molecular formula is C13H13NO2. The molecule has 16 heavy (non-hydrogen) atoms. The minimum Gasteiger partial charge on any atom is -0.322 e. The first kappa shape index (κ1) is 10.6. The molecule has 82 valence electrons. The number of Topliss-reactive ketones (excluding diaryl/α,β-unsaturated/α-hetero) is 1. The summed E-state index contributed by atoms with van der Waals surface area (Å²) in [5.41, 5.74) is 2.41. The monoisotopic (exact) mass is 215 g/mol. The van der Waals surface area contributed by atoms with Crippen LogP contribution in [0.3, 0.4) is 0 Å². The third-order valence-corrected chi connectivity index (χ3v) is 2.70. The number of hydrogen-bond donors (Lipinski definition) is 1. The SMILES string of the molecule is CCc1cc(C(C)=O)cc2ccc(=O)[nH]c12. The summed E-state index contributed by atoms with van der Waals surface area (Å²) in [6.45, 7) is 3.55. The Kier molecular flexibility index (Phi) is 2.60. The maximum absolute atomic E-state index is 11.4. The maximum atomic E-state index is 11.4. The Morgan fingerprint density at radius 2 is 2.06 bits per heavy atom. The van der Waals surface area contributed by atoms with Gasteiger partial charge in [0.15, 0.2) is 5.78 Å². The highest BCUT2D eigenvalue weighted by molar-refractivity contribution is 5.98. The number of benzene rings is 1. The molecular weight excluding hydrogens is 202 g/mol. The molecule has 0 aliphatic rings. The van der Waals surface area contributed by atoms with Crippen molar-refractivity contribution in [1.29, 1.82) is 0 Å². The molecule has 0 bridgehead atoms. The van der Waals surface area contributed by atoms with Crippen LogP contribution in [0, 0.1) is 0 Å². The average Bonchev–Trinajstić information content (AvgIpc) is 2.27. The van der Waals surface area contributed by atoms with Crippen LogP contribution in [0.25, 0.3) is 10.9 Å². The Morgan fingerprint density at radius 3 is 2.69 bits per heavy atom. The van der Waals surface area contributed by atoms with Crippen LogP contribution in [0.15, 0.2) is 29.1 Å². The molecule has 0 aliphatic heterocycles. The highest BCUT2D eigenvalue weighted by Gasteiger charge is 2.06. The van der Waals surface area contributed by atoms with E-state index in [4.69, 9.17) is 0 Å². The predicted molar refractivity (Wildman–Crippen MR) is 64.0 cm³/mol. The lowest BCUT2D eigenvalue weighted by Gasteiger charge is -2.06. The van der Waals surface area contributed by atoms with Gasteiger partial charge in [0.25, 0.3) is 0 Å². The molecule has 2 aromatic rings. The van der Waals surface area contributed by atoms with E-state index in [-0.39, 0.29) is 11.3 Å². The topological polar surface area (TPSA) is 49.9 Å². The summed E-state index contributed by atoms with van der Waals surface area (Å²) in [7, 11) is 0. The summed E-state index contributed by atoms with van der Waals surface area (Å²) in [4.78, 5) is 25.4. The van der Waals surface area contributed by atoms with E-state index in [1.165, 1.54) is 6.07 Å². The molecule has 0 atom stereocenters. The number of H-pyrrole nitrogens is 1. The van der Waals surface area contributed by atoms with Crippen LogP contribution >= 0.6 is 0 Å². The van der Waals surface area contributed by atoms with Crippen LogP contribution in [0.2, 0.25) is 0 Å². The lowest BCUT2D eigenvalue weighted by atomic mass is 10.0. The smallest absolute Gasteiger partial charge is 0.248 e. The Balaban J connectivity index is 2.83. The minimum absolute atomic E-state index is 0.0443. The van der Waals surface area contributed by atoms with E-state index in [0.29, 0.717) is 5.56 Å². The van der Waals surface area contributed by atoms with Gasteiger partial charge in [-0.15, -0.1) is 0 Å². The van der Waals surface area contributed by atoms with Gasteiger partial charge in [-0.3, -0.25) is 9.59 Å². The molecule has 1 aromatic carbocycles. The normalized spacial score (nSPS) is 10.6. The van der Waals surface area contributed by atoms with Gasteiger partial charge in [-0.2, -0.15) is 0 Å². The second-order valence-electron chi connectivity index (χ2n) is 3.83. The fourth-order valence-electron chi connectivity index (χ4n) is 1.82. The summed E-state index contributed by atoms with van der Waals surface area (Å²) >= 11 is 0. The second kappa shape index (κ2) is 3.93. The van der Waals surface area contributed by atoms with Crippen molar-refractivity contribution in [1.82, 2.24) is 4.98 Å². The van der Waals surface area contributed by atoms with Crippen molar-refractivity contribution >= 4 is 16.7 Å². The molecule has 0 fully saturated rings. The number of fused-ring (bicyclic) bond motifs is 1. The number of aryl methyl sites for hydroxylation is 1. The summed E-state index contributed by atoms with van der Waals surface area (Å²) < 4.78 is 0. The van der Waals surface area contributed by atoms with Gasteiger partial charge in [-0.1, -0.05) is 6.92 Å². The van der Waals surface area contributed by atoms with Gasteiger partial charge in [-0.05, 0) is 42.5 Å². The van der Waals surface area contributed by atoms with Gasteiger partial charge in [0.1, 0.15) is 0 Å². The molecule has 1 aromatic heterocycles.